The zero-order valence-corrected chi connectivity index (χ0v) is 10.9. The van der Waals surface area contributed by atoms with Gasteiger partial charge in [-0.25, -0.2) is 0 Å². The predicted molar refractivity (Wildman–Crippen MR) is 72.1 cm³/mol. The summed E-state index contributed by atoms with van der Waals surface area (Å²) in [5.41, 5.74) is 8.59. The quantitative estimate of drug-likeness (QED) is 0.815. The molecule has 1 aliphatic heterocycles. The lowest BCUT2D eigenvalue weighted by Crippen LogP contribution is -2.45. The van der Waals surface area contributed by atoms with Gasteiger partial charge in [0.15, 0.2) is 0 Å². The van der Waals surface area contributed by atoms with Crippen LogP contribution in [0.1, 0.15) is 17.5 Å². The van der Waals surface area contributed by atoms with Crippen LogP contribution in [0.3, 0.4) is 0 Å². The first-order chi connectivity index (χ1) is 8.74. The van der Waals surface area contributed by atoms with Gasteiger partial charge in [0.25, 0.3) is 0 Å². The Hall–Kier alpha value is -1.39. The van der Waals surface area contributed by atoms with Gasteiger partial charge < -0.3 is 11.1 Å². The molecule has 1 aromatic carbocycles. The Bertz CT molecular complexity index is 419. The summed E-state index contributed by atoms with van der Waals surface area (Å²) in [4.78, 5) is 13.8. The predicted octanol–water partition coefficient (Wildman–Crippen LogP) is 0.508. The van der Waals surface area contributed by atoms with Crippen molar-refractivity contribution in [1.82, 2.24) is 10.2 Å². The molecule has 2 rings (SSSR count). The van der Waals surface area contributed by atoms with Gasteiger partial charge in [0.1, 0.15) is 0 Å². The fourth-order valence-electron chi connectivity index (χ4n) is 2.51. The summed E-state index contributed by atoms with van der Waals surface area (Å²) >= 11 is 0. The van der Waals surface area contributed by atoms with Crippen molar-refractivity contribution in [3.05, 3.63) is 35.4 Å². The van der Waals surface area contributed by atoms with Crippen LogP contribution in [0.2, 0.25) is 0 Å². The van der Waals surface area contributed by atoms with E-state index in [4.69, 9.17) is 5.73 Å². The summed E-state index contributed by atoms with van der Waals surface area (Å²) in [6.07, 6.45) is 1.52. The zero-order valence-electron chi connectivity index (χ0n) is 10.9. The van der Waals surface area contributed by atoms with Gasteiger partial charge in [-0.2, -0.15) is 0 Å². The molecule has 0 aromatic heterocycles. The molecule has 0 fully saturated rings. The van der Waals surface area contributed by atoms with E-state index in [0.29, 0.717) is 13.0 Å². The van der Waals surface area contributed by atoms with Crippen LogP contribution in [-0.2, 0) is 17.8 Å². The van der Waals surface area contributed by atoms with Gasteiger partial charge in [0.2, 0.25) is 5.91 Å². The van der Waals surface area contributed by atoms with Crippen LogP contribution >= 0.6 is 0 Å². The maximum atomic E-state index is 11.5. The lowest BCUT2D eigenvalue weighted by atomic mass is 9.98. The Labute approximate surface area is 108 Å². The largest absolute Gasteiger partial charge is 0.359 e. The Morgan fingerprint density at radius 3 is 2.83 bits per heavy atom. The van der Waals surface area contributed by atoms with Gasteiger partial charge in [-0.05, 0) is 17.5 Å². The van der Waals surface area contributed by atoms with Gasteiger partial charge in [-0.3, -0.25) is 9.69 Å². The molecule has 1 atom stereocenters. The van der Waals surface area contributed by atoms with Crippen LogP contribution in [0.4, 0.5) is 0 Å². The fraction of sp³-hybridized carbons (Fsp3) is 0.500. The van der Waals surface area contributed by atoms with Crippen molar-refractivity contribution in [2.75, 3.05) is 20.1 Å². The summed E-state index contributed by atoms with van der Waals surface area (Å²) in [7, 11) is 1.67. The highest BCUT2D eigenvalue weighted by Crippen LogP contribution is 2.20. The van der Waals surface area contributed by atoms with Crippen molar-refractivity contribution in [2.24, 2.45) is 5.73 Å². The molecule has 1 amide bonds. The number of nitrogens with zero attached hydrogens (tertiary/aromatic N) is 1. The van der Waals surface area contributed by atoms with E-state index >= 15 is 0 Å². The number of amides is 1. The Morgan fingerprint density at radius 2 is 2.17 bits per heavy atom. The first-order valence-corrected chi connectivity index (χ1v) is 6.46. The van der Waals surface area contributed by atoms with Crippen molar-refractivity contribution < 1.29 is 4.79 Å². The third-order valence-electron chi connectivity index (χ3n) is 3.65. The van der Waals surface area contributed by atoms with E-state index in [1.165, 1.54) is 11.1 Å². The number of nitrogens with two attached hydrogens (primary N) is 1. The van der Waals surface area contributed by atoms with Crippen LogP contribution in [-0.4, -0.2) is 37.0 Å². The smallest absolute Gasteiger partial charge is 0.221 e. The van der Waals surface area contributed by atoms with Crippen LogP contribution < -0.4 is 11.1 Å². The topological polar surface area (TPSA) is 58.4 Å². The Morgan fingerprint density at radius 1 is 1.44 bits per heavy atom. The van der Waals surface area contributed by atoms with Crippen molar-refractivity contribution >= 4 is 5.91 Å². The van der Waals surface area contributed by atoms with E-state index in [1.807, 2.05) is 0 Å². The average molecular weight is 247 g/mol. The van der Waals surface area contributed by atoms with E-state index < -0.39 is 0 Å². The second-order valence-corrected chi connectivity index (χ2v) is 4.76. The van der Waals surface area contributed by atoms with Crippen molar-refractivity contribution in [2.45, 2.75) is 25.4 Å². The maximum absolute atomic E-state index is 11.5. The summed E-state index contributed by atoms with van der Waals surface area (Å²) in [5.74, 6) is 0.0595. The molecule has 4 nitrogen and oxygen atoms in total. The van der Waals surface area contributed by atoms with Crippen LogP contribution in [0.25, 0.3) is 0 Å². The SMILES string of the molecule is CNC(=O)CC(CN)N1CCc2ccccc2C1. The highest BCUT2D eigenvalue weighted by Gasteiger charge is 2.23. The van der Waals surface area contributed by atoms with E-state index in [0.717, 1.165) is 19.5 Å². The second-order valence-electron chi connectivity index (χ2n) is 4.76. The van der Waals surface area contributed by atoms with E-state index in [1.54, 1.807) is 7.05 Å². The Balaban J connectivity index is 2.04. The van der Waals surface area contributed by atoms with Gasteiger partial charge in [-0.15, -0.1) is 0 Å². The molecular formula is C14H21N3O. The van der Waals surface area contributed by atoms with Crippen molar-refractivity contribution in [1.29, 1.82) is 0 Å². The van der Waals surface area contributed by atoms with Crippen molar-refractivity contribution in [3.8, 4) is 0 Å². The molecule has 18 heavy (non-hydrogen) atoms. The third-order valence-corrected chi connectivity index (χ3v) is 3.65. The van der Waals surface area contributed by atoms with E-state index in [9.17, 15) is 4.79 Å². The lowest BCUT2D eigenvalue weighted by Gasteiger charge is -2.34. The summed E-state index contributed by atoms with van der Waals surface area (Å²) in [5, 5.41) is 2.67. The van der Waals surface area contributed by atoms with Crippen LogP contribution in [0.5, 0.6) is 0 Å². The molecule has 0 saturated heterocycles. The molecule has 98 valence electrons. The molecule has 0 bridgehead atoms. The molecule has 4 heteroatoms. The molecule has 3 N–H and O–H groups in total. The molecule has 0 radical (unpaired) electrons. The first-order valence-electron chi connectivity index (χ1n) is 6.46. The normalized spacial score (nSPS) is 17.0. The number of carbonyl (C=O) groups excluding carboxylic acids is 1. The summed E-state index contributed by atoms with van der Waals surface area (Å²) in [6, 6.07) is 8.63. The minimum atomic E-state index is 0.0595. The van der Waals surface area contributed by atoms with Crippen LogP contribution in [0.15, 0.2) is 24.3 Å². The lowest BCUT2D eigenvalue weighted by molar-refractivity contribution is -0.121. The Kier molecular flexibility index (Phi) is 4.33. The van der Waals surface area contributed by atoms with E-state index in [2.05, 4.69) is 34.5 Å². The number of carbonyl (C=O) groups is 1. The highest BCUT2D eigenvalue weighted by molar-refractivity contribution is 5.76. The summed E-state index contributed by atoms with van der Waals surface area (Å²) < 4.78 is 0. The fourth-order valence-corrected chi connectivity index (χ4v) is 2.51. The number of fused-ring (bicyclic) bond motifs is 1. The number of nitrogens with one attached hydrogen (secondary N) is 1. The minimum Gasteiger partial charge on any atom is -0.359 e. The first kappa shape index (κ1) is 13.1. The third kappa shape index (κ3) is 2.89. The summed E-state index contributed by atoms with van der Waals surface area (Å²) in [6.45, 7) is 2.40. The molecule has 0 spiro atoms. The van der Waals surface area contributed by atoms with Gasteiger partial charge >= 0.3 is 0 Å². The van der Waals surface area contributed by atoms with Gasteiger partial charge in [-0.1, -0.05) is 24.3 Å². The van der Waals surface area contributed by atoms with E-state index in [-0.39, 0.29) is 11.9 Å². The number of benzene rings is 1. The molecule has 0 saturated carbocycles. The van der Waals surface area contributed by atoms with Gasteiger partial charge in [0.05, 0.1) is 0 Å². The number of rotatable bonds is 4. The molecular weight excluding hydrogens is 226 g/mol. The second kappa shape index (κ2) is 5.98. The molecule has 1 aliphatic rings. The molecule has 1 aromatic rings. The number of hydrogen-bond acceptors (Lipinski definition) is 3. The van der Waals surface area contributed by atoms with Crippen LogP contribution in [0, 0.1) is 0 Å². The standard InChI is InChI=1S/C14H21N3O/c1-16-14(18)8-13(9-15)17-7-6-11-4-2-3-5-12(11)10-17/h2-5,13H,6-10,15H2,1H3,(H,16,18). The zero-order chi connectivity index (χ0) is 13.0. The molecule has 1 unspecified atom stereocenters. The monoisotopic (exact) mass is 247 g/mol. The minimum absolute atomic E-state index is 0.0595. The van der Waals surface area contributed by atoms with Crippen molar-refractivity contribution in [3.63, 3.8) is 0 Å². The van der Waals surface area contributed by atoms with Gasteiger partial charge in [0, 0.05) is 39.1 Å². The maximum Gasteiger partial charge on any atom is 0.221 e. The average Bonchev–Trinajstić information content (AvgIpc) is 2.44. The molecule has 1 heterocycles. The molecule has 0 aliphatic carbocycles. The highest BCUT2D eigenvalue weighted by atomic mass is 16.1. The number of hydrogen-bond donors (Lipinski definition) is 2.